The second kappa shape index (κ2) is 7.83. The molecule has 156 valence electrons. The first kappa shape index (κ1) is 19.8. The second-order valence-corrected chi connectivity index (χ2v) is 8.44. The van der Waals surface area contributed by atoms with Crippen LogP contribution in [0.2, 0.25) is 5.02 Å². The number of carbonyl (C=O) groups excluding carboxylic acids is 1. The topological polar surface area (TPSA) is 72.6 Å². The number of benzene rings is 2. The Bertz CT molecular complexity index is 1350. The van der Waals surface area contributed by atoms with Crippen LogP contribution in [0, 0.1) is 0 Å². The molecule has 1 aliphatic rings. The van der Waals surface area contributed by atoms with E-state index in [1.165, 1.54) is 16.2 Å². The van der Waals surface area contributed by atoms with Gasteiger partial charge in [0, 0.05) is 16.6 Å². The van der Waals surface area contributed by atoms with Gasteiger partial charge < -0.3 is 9.15 Å². The normalized spacial score (nSPS) is 15.5. The van der Waals surface area contributed by atoms with E-state index in [0.29, 0.717) is 33.5 Å². The highest BCUT2D eigenvalue weighted by molar-refractivity contribution is 7.13. The SMILES string of the molecule is CCCOc1cccc([C@@H]2c3c(oc4ccc(Cl)cc4c3=O)C(=O)N2c2nccs2)c1. The lowest BCUT2D eigenvalue weighted by molar-refractivity contribution is 0.0971. The average molecular weight is 453 g/mol. The van der Waals surface area contributed by atoms with Crippen LogP contribution in [0.3, 0.4) is 0 Å². The Morgan fingerprint density at radius 2 is 2.10 bits per heavy atom. The largest absolute Gasteiger partial charge is 0.494 e. The molecule has 0 radical (unpaired) electrons. The molecule has 0 bridgehead atoms. The van der Waals surface area contributed by atoms with E-state index in [9.17, 15) is 9.59 Å². The number of halogens is 1. The number of ether oxygens (including phenoxy) is 1. The van der Waals surface area contributed by atoms with Gasteiger partial charge >= 0.3 is 0 Å². The van der Waals surface area contributed by atoms with Gasteiger partial charge in [-0.2, -0.15) is 0 Å². The first-order chi connectivity index (χ1) is 15.1. The third kappa shape index (κ3) is 3.30. The summed E-state index contributed by atoms with van der Waals surface area (Å²) in [6.07, 6.45) is 2.50. The smallest absolute Gasteiger partial charge is 0.297 e. The number of carbonyl (C=O) groups is 1. The van der Waals surface area contributed by atoms with Crippen LogP contribution < -0.4 is 15.1 Å². The fourth-order valence-electron chi connectivity index (χ4n) is 3.79. The van der Waals surface area contributed by atoms with E-state index >= 15 is 0 Å². The lowest BCUT2D eigenvalue weighted by Gasteiger charge is -2.23. The first-order valence-corrected chi connectivity index (χ1v) is 11.1. The van der Waals surface area contributed by atoms with Crippen molar-refractivity contribution in [2.75, 3.05) is 11.5 Å². The number of fused-ring (bicyclic) bond motifs is 2. The summed E-state index contributed by atoms with van der Waals surface area (Å²) in [5.74, 6) is 0.302. The van der Waals surface area contributed by atoms with E-state index in [1.807, 2.05) is 31.2 Å². The van der Waals surface area contributed by atoms with Gasteiger partial charge in [0.2, 0.25) is 5.76 Å². The fraction of sp³-hybridized carbons (Fsp3) is 0.174. The summed E-state index contributed by atoms with van der Waals surface area (Å²) in [6, 6.07) is 11.5. The van der Waals surface area contributed by atoms with Crippen molar-refractivity contribution in [3.63, 3.8) is 0 Å². The summed E-state index contributed by atoms with van der Waals surface area (Å²) < 4.78 is 11.7. The van der Waals surface area contributed by atoms with Crippen LogP contribution in [-0.2, 0) is 0 Å². The van der Waals surface area contributed by atoms with Gasteiger partial charge in [-0.3, -0.25) is 14.5 Å². The fourth-order valence-corrected chi connectivity index (χ4v) is 4.63. The van der Waals surface area contributed by atoms with Crippen LogP contribution in [0.25, 0.3) is 11.0 Å². The number of amides is 1. The Labute approximate surface area is 186 Å². The van der Waals surface area contributed by atoms with E-state index < -0.39 is 11.9 Å². The van der Waals surface area contributed by atoms with Gasteiger partial charge in [-0.05, 0) is 42.3 Å². The highest BCUT2D eigenvalue weighted by atomic mass is 35.5. The zero-order valence-electron chi connectivity index (χ0n) is 16.5. The molecular formula is C23H17ClN2O4S. The minimum absolute atomic E-state index is 0.0277. The van der Waals surface area contributed by atoms with Crippen molar-refractivity contribution in [2.24, 2.45) is 0 Å². The molecule has 2 aromatic carbocycles. The van der Waals surface area contributed by atoms with Gasteiger partial charge in [-0.25, -0.2) is 4.98 Å². The Morgan fingerprint density at radius 1 is 1.23 bits per heavy atom. The highest BCUT2D eigenvalue weighted by Gasteiger charge is 2.44. The zero-order chi connectivity index (χ0) is 21.5. The van der Waals surface area contributed by atoms with Crippen LogP contribution in [0.1, 0.15) is 41.1 Å². The summed E-state index contributed by atoms with van der Waals surface area (Å²) in [5.41, 5.74) is 1.06. The maximum Gasteiger partial charge on any atom is 0.297 e. The van der Waals surface area contributed by atoms with Gasteiger partial charge in [-0.15, -0.1) is 11.3 Å². The molecule has 0 spiro atoms. The number of thiazole rings is 1. The van der Waals surface area contributed by atoms with Crippen molar-refractivity contribution in [3.05, 3.63) is 86.2 Å². The Kier molecular flexibility index (Phi) is 5.00. The molecule has 0 aliphatic carbocycles. The Morgan fingerprint density at radius 3 is 2.87 bits per heavy atom. The van der Waals surface area contributed by atoms with Crippen molar-refractivity contribution in [2.45, 2.75) is 19.4 Å². The summed E-state index contributed by atoms with van der Waals surface area (Å²) in [7, 11) is 0. The maximum atomic E-state index is 13.5. The summed E-state index contributed by atoms with van der Waals surface area (Å²) >= 11 is 7.44. The predicted molar refractivity (Wildman–Crippen MR) is 120 cm³/mol. The van der Waals surface area contributed by atoms with Crippen molar-refractivity contribution in [1.82, 2.24) is 4.98 Å². The monoisotopic (exact) mass is 452 g/mol. The number of aromatic nitrogens is 1. The standard InChI is InChI=1S/C23H17ClN2O4S/c1-2-9-29-15-5-3-4-13(11-15)19-18-20(27)16-12-14(24)6-7-17(16)30-21(18)22(28)26(19)23-25-8-10-31-23/h3-8,10-12,19H,2,9H2,1H3/t19-/m1/s1. The summed E-state index contributed by atoms with van der Waals surface area (Å²) in [6.45, 7) is 2.60. The maximum absolute atomic E-state index is 13.5. The van der Waals surface area contributed by atoms with Crippen LogP contribution in [0.15, 0.2) is 63.3 Å². The van der Waals surface area contributed by atoms with Gasteiger partial charge in [0.25, 0.3) is 5.91 Å². The molecule has 4 aromatic rings. The van der Waals surface area contributed by atoms with Crippen LogP contribution in [0.5, 0.6) is 5.75 Å². The highest BCUT2D eigenvalue weighted by Crippen LogP contribution is 2.42. The van der Waals surface area contributed by atoms with Gasteiger partial charge in [0.15, 0.2) is 10.6 Å². The van der Waals surface area contributed by atoms with E-state index in [0.717, 1.165) is 12.0 Å². The molecule has 2 aromatic heterocycles. The molecule has 0 unspecified atom stereocenters. The predicted octanol–water partition coefficient (Wildman–Crippen LogP) is 5.44. The number of nitrogens with zero attached hydrogens (tertiary/aromatic N) is 2. The molecule has 8 heteroatoms. The van der Waals surface area contributed by atoms with Gasteiger partial charge in [0.05, 0.1) is 23.6 Å². The molecule has 0 N–H and O–H groups in total. The Balaban J connectivity index is 1.75. The van der Waals surface area contributed by atoms with E-state index in [4.69, 9.17) is 20.8 Å². The van der Waals surface area contributed by atoms with Crippen molar-refractivity contribution >= 4 is 44.9 Å². The third-order valence-electron chi connectivity index (χ3n) is 5.10. The van der Waals surface area contributed by atoms with E-state index in [1.54, 1.807) is 29.8 Å². The number of rotatable bonds is 5. The molecule has 6 nitrogen and oxygen atoms in total. The number of hydrogen-bond donors (Lipinski definition) is 0. The molecule has 3 heterocycles. The lowest BCUT2D eigenvalue weighted by Crippen LogP contribution is -2.29. The molecule has 31 heavy (non-hydrogen) atoms. The van der Waals surface area contributed by atoms with E-state index in [2.05, 4.69) is 4.98 Å². The van der Waals surface area contributed by atoms with Crippen molar-refractivity contribution in [3.8, 4) is 5.75 Å². The van der Waals surface area contributed by atoms with Crippen molar-refractivity contribution < 1.29 is 13.9 Å². The summed E-state index contributed by atoms with van der Waals surface area (Å²) in [5, 5.41) is 3.04. The molecule has 0 fully saturated rings. The second-order valence-electron chi connectivity index (χ2n) is 7.13. The van der Waals surface area contributed by atoms with E-state index in [-0.39, 0.29) is 16.8 Å². The number of anilines is 1. The minimum Gasteiger partial charge on any atom is -0.494 e. The van der Waals surface area contributed by atoms with Crippen LogP contribution >= 0.6 is 22.9 Å². The molecule has 1 amide bonds. The molecular weight excluding hydrogens is 436 g/mol. The molecule has 1 aliphatic heterocycles. The van der Waals surface area contributed by atoms with Crippen LogP contribution in [0.4, 0.5) is 5.13 Å². The molecule has 1 atom stereocenters. The Hall–Kier alpha value is -3.16. The number of hydrogen-bond acceptors (Lipinski definition) is 6. The third-order valence-corrected chi connectivity index (χ3v) is 6.11. The summed E-state index contributed by atoms with van der Waals surface area (Å²) in [4.78, 5) is 32.8. The van der Waals surface area contributed by atoms with Crippen LogP contribution in [-0.4, -0.2) is 17.5 Å². The van der Waals surface area contributed by atoms with Gasteiger partial charge in [0.1, 0.15) is 11.3 Å². The average Bonchev–Trinajstić information content (AvgIpc) is 3.40. The van der Waals surface area contributed by atoms with Gasteiger partial charge in [-0.1, -0.05) is 30.7 Å². The quantitative estimate of drug-likeness (QED) is 0.403. The molecule has 0 saturated heterocycles. The van der Waals surface area contributed by atoms with Crippen molar-refractivity contribution in [1.29, 1.82) is 0 Å². The molecule has 0 saturated carbocycles. The lowest BCUT2D eigenvalue weighted by atomic mass is 9.98. The zero-order valence-corrected chi connectivity index (χ0v) is 18.1. The molecule has 5 rings (SSSR count). The first-order valence-electron chi connectivity index (χ1n) is 9.80. The minimum atomic E-state index is -0.682.